The Labute approximate surface area is 210 Å². The summed E-state index contributed by atoms with van der Waals surface area (Å²) in [6.45, 7) is 2.35. The molecule has 178 valence electrons. The van der Waals surface area contributed by atoms with Crippen LogP contribution in [0.1, 0.15) is 24.0 Å². The summed E-state index contributed by atoms with van der Waals surface area (Å²) in [6.07, 6.45) is 1.40. The molecule has 1 saturated heterocycles. The summed E-state index contributed by atoms with van der Waals surface area (Å²) in [7, 11) is 3.05. The molecule has 0 bridgehead atoms. The zero-order valence-electron chi connectivity index (χ0n) is 18.7. The van der Waals surface area contributed by atoms with Crippen LogP contribution < -0.4 is 10.1 Å². The first-order chi connectivity index (χ1) is 15.5. The standard InChI is InChI=1S/C23H28N4O5.HI/c1-31-21-9-5-18(6-10-21)16-25-23(26-13-11-19(12-14-26)22(28)32-2)24-15-17-3-7-20(8-4-17)27(29)30;/h3-10,19H,11-16H2,1-2H3,(H,24,25);1H. The number of nitro benzene ring substituents is 1. The number of rotatable bonds is 7. The maximum absolute atomic E-state index is 11.8. The minimum Gasteiger partial charge on any atom is -0.497 e. The van der Waals surface area contributed by atoms with Gasteiger partial charge < -0.3 is 19.7 Å². The molecule has 1 aliphatic heterocycles. The highest BCUT2D eigenvalue weighted by Crippen LogP contribution is 2.19. The van der Waals surface area contributed by atoms with E-state index in [-0.39, 0.29) is 41.6 Å². The molecular formula is C23H29IN4O5. The Kier molecular flexibility index (Phi) is 10.4. The normalized spacial score (nSPS) is 14.2. The lowest BCUT2D eigenvalue weighted by atomic mass is 9.97. The molecule has 3 rings (SSSR count). The summed E-state index contributed by atoms with van der Waals surface area (Å²) in [6, 6.07) is 14.2. The molecule has 0 aromatic heterocycles. The highest BCUT2D eigenvalue weighted by atomic mass is 127. The highest BCUT2D eigenvalue weighted by Gasteiger charge is 2.27. The molecular weight excluding hydrogens is 539 g/mol. The smallest absolute Gasteiger partial charge is 0.308 e. The minimum absolute atomic E-state index is 0. The number of methoxy groups -OCH3 is 2. The Hall–Kier alpha value is -2.89. The van der Waals surface area contributed by atoms with Crippen LogP contribution in [-0.2, 0) is 22.6 Å². The fourth-order valence-corrected chi connectivity index (χ4v) is 3.58. The lowest BCUT2D eigenvalue weighted by Gasteiger charge is -2.33. The van der Waals surface area contributed by atoms with E-state index >= 15 is 0 Å². The van der Waals surface area contributed by atoms with Crippen LogP contribution in [0.3, 0.4) is 0 Å². The SMILES string of the molecule is COC(=O)C1CCN(C(=NCc2ccc(OC)cc2)NCc2ccc([N+](=O)[O-])cc2)CC1.I. The summed E-state index contributed by atoms with van der Waals surface area (Å²) in [4.78, 5) is 29.2. The van der Waals surface area contributed by atoms with Crippen molar-refractivity contribution < 1.29 is 19.2 Å². The van der Waals surface area contributed by atoms with Crippen molar-refractivity contribution in [3.8, 4) is 5.75 Å². The molecule has 9 nitrogen and oxygen atoms in total. The number of nitrogens with one attached hydrogen (secondary N) is 1. The van der Waals surface area contributed by atoms with Gasteiger partial charge in [0.05, 0.1) is 31.6 Å². The topological polar surface area (TPSA) is 106 Å². The lowest BCUT2D eigenvalue weighted by Crippen LogP contribution is -2.46. The van der Waals surface area contributed by atoms with Gasteiger partial charge in [0.1, 0.15) is 5.75 Å². The van der Waals surface area contributed by atoms with Crippen LogP contribution >= 0.6 is 24.0 Å². The molecule has 0 saturated carbocycles. The second-order valence-corrected chi connectivity index (χ2v) is 7.55. The van der Waals surface area contributed by atoms with Gasteiger partial charge in [-0.05, 0) is 36.1 Å². The third kappa shape index (κ3) is 7.58. The second kappa shape index (κ2) is 13.0. The molecule has 0 amide bonds. The number of nitro groups is 1. The van der Waals surface area contributed by atoms with Gasteiger partial charge in [-0.3, -0.25) is 14.9 Å². The van der Waals surface area contributed by atoms with Crippen LogP contribution in [-0.4, -0.2) is 49.1 Å². The highest BCUT2D eigenvalue weighted by molar-refractivity contribution is 14.0. The predicted molar refractivity (Wildman–Crippen MR) is 136 cm³/mol. The number of likely N-dealkylation sites (tertiary alicyclic amines) is 1. The van der Waals surface area contributed by atoms with Crippen molar-refractivity contribution in [2.24, 2.45) is 10.9 Å². The van der Waals surface area contributed by atoms with Crippen molar-refractivity contribution in [2.45, 2.75) is 25.9 Å². The van der Waals surface area contributed by atoms with E-state index in [0.29, 0.717) is 39.0 Å². The second-order valence-electron chi connectivity index (χ2n) is 7.55. The van der Waals surface area contributed by atoms with E-state index in [1.807, 2.05) is 24.3 Å². The molecule has 0 radical (unpaired) electrons. The maximum atomic E-state index is 11.8. The molecule has 0 spiro atoms. The van der Waals surface area contributed by atoms with Crippen molar-refractivity contribution in [1.82, 2.24) is 10.2 Å². The van der Waals surface area contributed by atoms with Gasteiger partial charge in [-0.1, -0.05) is 24.3 Å². The number of non-ortho nitro benzene ring substituents is 1. The van der Waals surface area contributed by atoms with Crippen molar-refractivity contribution in [1.29, 1.82) is 0 Å². The van der Waals surface area contributed by atoms with E-state index in [1.54, 1.807) is 19.2 Å². The summed E-state index contributed by atoms with van der Waals surface area (Å²) >= 11 is 0. The number of esters is 1. The summed E-state index contributed by atoms with van der Waals surface area (Å²) < 4.78 is 10.1. The first-order valence-electron chi connectivity index (χ1n) is 10.5. The fourth-order valence-electron chi connectivity index (χ4n) is 3.58. The van der Waals surface area contributed by atoms with Crippen molar-refractivity contribution in [2.75, 3.05) is 27.3 Å². The number of benzene rings is 2. The van der Waals surface area contributed by atoms with Gasteiger partial charge in [-0.2, -0.15) is 0 Å². The third-order valence-electron chi connectivity index (χ3n) is 5.50. The van der Waals surface area contributed by atoms with Gasteiger partial charge in [0, 0.05) is 31.8 Å². The zero-order chi connectivity index (χ0) is 22.9. The molecule has 1 fully saturated rings. The lowest BCUT2D eigenvalue weighted by molar-refractivity contribution is -0.384. The number of aliphatic imine (C=N–C) groups is 1. The van der Waals surface area contributed by atoms with Gasteiger partial charge in [0.15, 0.2) is 5.96 Å². The van der Waals surface area contributed by atoms with Crippen LogP contribution in [0.4, 0.5) is 5.69 Å². The van der Waals surface area contributed by atoms with Gasteiger partial charge in [-0.25, -0.2) is 4.99 Å². The summed E-state index contributed by atoms with van der Waals surface area (Å²) in [5.41, 5.74) is 2.02. The molecule has 1 heterocycles. The number of nitrogens with zero attached hydrogens (tertiary/aromatic N) is 3. The Balaban J connectivity index is 0.00000385. The average molecular weight is 568 g/mol. The predicted octanol–water partition coefficient (Wildman–Crippen LogP) is 3.75. The van der Waals surface area contributed by atoms with Crippen LogP contribution in [0.15, 0.2) is 53.5 Å². The van der Waals surface area contributed by atoms with Crippen LogP contribution in [0, 0.1) is 16.0 Å². The van der Waals surface area contributed by atoms with E-state index in [1.165, 1.54) is 19.2 Å². The number of carbonyl (C=O) groups is 1. The number of halogens is 1. The first-order valence-corrected chi connectivity index (χ1v) is 10.5. The van der Waals surface area contributed by atoms with Crippen LogP contribution in [0.5, 0.6) is 5.75 Å². The van der Waals surface area contributed by atoms with E-state index in [2.05, 4.69) is 10.2 Å². The van der Waals surface area contributed by atoms with Crippen molar-refractivity contribution in [3.63, 3.8) is 0 Å². The van der Waals surface area contributed by atoms with Gasteiger partial charge >= 0.3 is 5.97 Å². The molecule has 10 heteroatoms. The number of hydrogen-bond donors (Lipinski definition) is 1. The first kappa shape index (κ1) is 26.4. The average Bonchev–Trinajstić information content (AvgIpc) is 2.84. The monoisotopic (exact) mass is 568 g/mol. The quantitative estimate of drug-likeness (QED) is 0.135. The van der Waals surface area contributed by atoms with E-state index in [0.717, 1.165) is 22.8 Å². The van der Waals surface area contributed by atoms with E-state index < -0.39 is 4.92 Å². The Bertz CT molecular complexity index is 942. The van der Waals surface area contributed by atoms with Crippen LogP contribution in [0.25, 0.3) is 0 Å². The molecule has 2 aromatic rings. The zero-order valence-corrected chi connectivity index (χ0v) is 21.1. The van der Waals surface area contributed by atoms with Gasteiger partial charge in [0.25, 0.3) is 5.69 Å². The van der Waals surface area contributed by atoms with Crippen LogP contribution in [0.2, 0.25) is 0 Å². The fraction of sp³-hybridized carbons (Fsp3) is 0.391. The Morgan fingerprint density at radius 3 is 2.24 bits per heavy atom. The molecule has 0 atom stereocenters. The Morgan fingerprint density at radius 2 is 1.70 bits per heavy atom. The number of guanidine groups is 1. The molecule has 1 N–H and O–H groups in total. The number of hydrogen-bond acceptors (Lipinski definition) is 6. The minimum atomic E-state index is -0.412. The molecule has 2 aromatic carbocycles. The van der Waals surface area contributed by atoms with E-state index in [9.17, 15) is 14.9 Å². The molecule has 0 aliphatic carbocycles. The Morgan fingerprint density at radius 1 is 1.09 bits per heavy atom. The third-order valence-corrected chi connectivity index (χ3v) is 5.50. The van der Waals surface area contributed by atoms with E-state index in [4.69, 9.17) is 14.5 Å². The number of ether oxygens (including phenoxy) is 2. The molecule has 33 heavy (non-hydrogen) atoms. The molecule has 1 aliphatic rings. The van der Waals surface area contributed by atoms with Crippen molar-refractivity contribution in [3.05, 3.63) is 69.8 Å². The number of carbonyl (C=O) groups excluding carboxylic acids is 1. The largest absolute Gasteiger partial charge is 0.497 e. The molecule has 0 unspecified atom stereocenters. The van der Waals surface area contributed by atoms with Gasteiger partial charge in [-0.15, -0.1) is 24.0 Å². The van der Waals surface area contributed by atoms with Crippen molar-refractivity contribution >= 4 is 41.6 Å². The maximum Gasteiger partial charge on any atom is 0.308 e. The number of piperidine rings is 1. The summed E-state index contributed by atoms with van der Waals surface area (Å²) in [5, 5.41) is 14.2. The summed E-state index contributed by atoms with van der Waals surface area (Å²) in [5.74, 6) is 1.27. The van der Waals surface area contributed by atoms with Gasteiger partial charge in [0.2, 0.25) is 0 Å².